The van der Waals surface area contributed by atoms with Crippen LogP contribution >= 0.6 is 0 Å². The van der Waals surface area contributed by atoms with Crippen molar-refractivity contribution in [3.63, 3.8) is 0 Å². The van der Waals surface area contributed by atoms with Crippen LogP contribution in [0.15, 0.2) is 24.3 Å². The van der Waals surface area contributed by atoms with Gasteiger partial charge in [-0.1, -0.05) is 17.7 Å². The van der Waals surface area contributed by atoms with Gasteiger partial charge in [0.1, 0.15) is 18.5 Å². The molecule has 2 rings (SSSR count). The molecule has 0 radical (unpaired) electrons. The first-order valence-electron chi connectivity index (χ1n) is 9.60. The quantitative estimate of drug-likeness (QED) is 0.456. The molecule has 0 unspecified atom stereocenters. The fourth-order valence-electron chi connectivity index (χ4n) is 3.03. The zero-order chi connectivity index (χ0) is 23.1. The Kier molecular flexibility index (Phi) is 8.38. The Labute approximate surface area is 179 Å². The average Bonchev–Trinajstić information content (AvgIpc) is 2.65. The topological polar surface area (TPSA) is 124 Å². The number of ether oxygens (including phenoxy) is 6. The summed E-state index contributed by atoms with van der Waals surface area (Å²) in [6.07, 6.45) is -6.05. The number of hydrogen-bond acceptors (Lipinski definition) is 10. The molecule has 170 valence electrons. The minimum Gasteiger partial charge on any atom is -0.463 e. The fourth-order valence-corrected chi connectivity index (χ4v) is 3.03. The van der Waals surface area contributed by atoms with Crippen molar-refractivity contribution in [1.29, 1.82) is 0 Å². The molecule has 1 heterocycles. The summed E-state index contributed by atoms with van der Waals surface area (Å²) in [6, 6.07) is 6.98. The predicted molar refractivity (Wildman–Crippen MR) is 104 cm³/mol. The molecule has 0 aromatic heterocycles. The number of esters is 4. The first-order valence-corrected chi connectivity index (χ1v) is 9.60. The van der Waals surface area contributed by atoms with E-state index in [1.807, 2.05) is 6.92 Å². The smallest absolute Gasteiger partial charge is 0.303 e. The van der Waals surface area contributed by atoms with Gasteiger partial charge in [-0.05, 0) is 19.1 Å². The molecule has 0 spiro atoms. The Hall–Kier alpha value is -3.14. The van der Waals surface area contributed by atoms with Gasteiger partial charge in [-0.2, -0.15) is 0 Å². The number of carbonyl (C=O) groups is 4. The van der Waals surface area contributed by atoms with Gasteiger partial charge in [0.25, 0.3) is 0 Å². The van der Waals surface area contributed by atoms with Gasteiger partial charge >= 0.3 is 23.9 Å². The van der Waals surface area contributed by atoms with Crippen LogP contribution in [0.5, 0.6) is 5.75 Å². The van der Waals surface area contributed by atoms with Crippen molar-refractivity contribution in [2.24, 2.45) is 0 Å². The second-order valence-electron chi connectivity index (χ2n) is 7.00. The van der Waals surface area contributed by atoms with Gasteiger partial charge in [0.05, 0.1) is 0 Å². The maximum Gasteiger partial charge on any atom is 0.303 e. The van der Waals surface area contributed by atoms with Crippen LogP contribution in [0.1, 0.15) is 33.3 Å². The van der Waals surface area contributed by atoms with E-state index in [0.717, 1.165) is 19.4 Å². The molecule has 1 aliphatic heterocycles. The molecule has 1 aliphatic rings. The molecule has 0 amide bonds. The first-order chi connectivity index (χ1) is 14.6. The van der Waals surface area contributed by atoms with E-state index in [1.165, 1.54) is 13.8 Å². The number of carbonyl (C=O) groups excluding carboxylic acids is 4. The largest absolute Gasteiger partial charge is 0.463 e. The van der Waals surface area contributed by atoms with Crippen LogP contribution in [0.3, 0.4) is 0 Å². The lowest BCUT2D eigenvalue weighted by Gasteiger charge is -2.43. The third kappa shape index (κ3) is 7.25. The van der Waals surface area contributed by atoms with Gasteiger partial charge in [-0.25, -0.2) is 0 Å². The van der Waals surface area contributed by atoms with Crippen LogP contribution in [0.4, 0.5) is 0 Å². The highest BCUT2D eigenvalue weighted by Gasteiger charge is 2.53. The standard InChI is InChI=1S/C21H26O10/c1-11-6-8-16(9-7-11)30-21-20(29-15(5)25)19(28-14(4)24)18(27-13(3)23)17(31-21)10-26-12(2)22/h6-9,17-21H,10H2,1-5H3/t17-,18-,19+,20+,21+/m1/s1. The number of rotatable bonds is 7. The van der Waals surface area contributed by atoms with Crippen LogP contribution in [0, 0.1) is 6.92 Å². The second kappa shape index (κ2) is 10.8. The summed E-state index contributed by atoms with van der Waals surface area (Å²) in [6.45, 7) is 6.27. The second-order valence-corrected chi connectivity index (χ2v) is 7.00. The van der Waals surface area contributed by atoms with E-state index in [2.05, 4.69) is 0 Å². The van der Waals surface area contributed by atoms with Gasteiger partial charge in [0.15, 0.2) is 12.2 Å². The molecule has 10 nitrogen and oxygen atoms in total. The summed E-state index contributed by atoms with van der Waals surface area (Å²) in [4.78, 5) is 46.6. The number of aryl methyl sites for hydroxylation is 1. The lowest BCUT2D eigenvalue weighted by atomic mass is 9.98. The normalized spacial score (nSPS) is 25.1. The van der Waals surface area contributed by atoms with Gasteiger partial charge < -0.3 is 28.4 Å². The van der Waals surface area contributed by atoms with Crippen molar-refractivity contribution in [3.8, 4) is 5.75 Å². The fraction of sp³-hybridized carbons (Fsp3) is 0.524. The van der Waals surface area contributed by atoms with Crippen LogP contribution in [0.2, 0.25) is 0 Å². The lowest BCUT2D eigenvalue weighted by Crippen LogP contribution is -2.63. The van der Waals surface area contributed by atoms with Crippen molar-refractivity contribution in [2.45, 2.75) is 65.3 Å². The number of benzene rings is 1. The predicted octanol–water partition coefficient (Wildman–Crippen LogP) is 1.46. The van der Waals surface area contributed by atoms with Crippen molar-refractivity contribution in [1.82, 2.24) is 0 Å². The maximum atomic E-state index is 11.8. The van der Waals surface area contributed by atoms with Crippen LogP contribution in [0.25, 0.3) is 0 Å². The molecule has 1 aromatic carbocycles. The summed E-state index contributed by atoms with van der Waals surface area (Å²) < 4.78 is 32.7. The summed E-state index contributed by atoms with van der Waals surface area (Å²) in [5.41, 5.74) is 0.994. The Morgan fingerprint density at radius 2 is 1.29 bits per heavy atom. The molecule has 1 saturated heterocycles. The molecule has 5 atom stereocenters. The van der Waals surface area contributed by atoms with E-state index in [1.54, 1.807) is 24.3 Å². The molecule has 1 aromatic rings. The molecule has 0 N–H and O–H groups in total. The van der Waals surface area contributed by atoms with Gasteiger partial charge in [0.2, 0.25) is 12.4 Å². The van der Waals surface area contributed by atoms with Gasteiger partial charge in [0, 0.05) is 27.7 Å². The summed E-state index contributed by atoms with van der Waals surface area (Å²) in [5.74, 6) is -2.29. The molecule has 31 heavy (non-hydrogen) atoms. The molecule has 0 aliphatic carbocycles. The maximum absolute atomic E-state index is 11.8. The Balaban J connectivity index is 2.43. The molecule has 0 saturated carbocycles. The first kappa shape index (κ1) is 24.1. The van der Waals surface area contributed by atoms with Crippen molar-refractivity contribution in [3.05, 3.63) is 29.8 Å². The van der Waals surface area contributed by atoms with E-state index >= 15 is 0 Å². The molecule has 0 bridgehead atoms. The van der Waals surface area contributed by atoms with Crippen LogP contribution in [-0.4, -0.2) is 61.2 Å². The molecule has 1 fully saturated rings. The van der Waals surface area contributed by atoms with Gasteiger partial charge in [-0.15, -0.1) is 0 Å². The van der Waals surface area contributed by atoms with Crippen molar-refractivity contribution in [2.75, 3.05) is 6.61 Å². The molecular weight excluding hydrogens is 412 g/mol. The lowest BCUT2D eigenvalue weighted by molar-refractivity contribution is -0.288. The van der Waals surface area contributed by atoms with Crippen LogP contribution < -0.4 is 4.74 Å². The van der Waals surface area contributed by atoms with Crippen LogP contribution in [-0.2, 0) is 42.9 Å². The summed E-state index contributed by atoms with van der Waals surface area (Å²) >= 11 is 0. The summed E-state index contributed by atoms with van der Waals surface area (Å²) in [7, 11) is 0. The van der Waals surface area contributed by atoms with E-state index in [4.69, 9.17) is 28.4 Å². The third-order valence-corrected chi connectivity index (χ3v) is 4.22. The Morgan fingerprint density at radius 1 is 0.774 bits per heavy atom. The molecular formula is C21H26O10. The van der Waals surface area contributed by atoms with Gasteiger partial charge in [-0.3, -0.25) is 19.2 Å². The minimum absolute atomic E-state index is 0.314. The van der Waals surface area contributed by atoms with E-state index in [0.29, 0.717) is 5.75 Å². The monoisotopic (exact) mass is 438 g/mol. The van der Waals surface area contributed by atoms with Crippen molar-refractivity contribution >= 4 is 23.9 Å². The van der Waals surface area contributed by atoms with E-state index in [9.17, 15) is 19.2 Å². The number of hydrogen-bond donors (Lipinski definition) is 0. The Morgan fingerprint density at radius 3 is 1.81 bits per heavy atom. The molecule has 10 heteroatoms. The third-order valence-electron chi connectivity index (χ3n) is 4.22. The highest BCUT2D eigenvalue weighted by Crippen LogP contribution is 2.31. The zero-order valence-electron chi connectivity index (χ0n) is 18.0. The SMILES string of the molecule is CC(=O)OC[C@H]1O[C@H](Oc2ccc(C)cc2)[C@@H](OC(C)=O)[C@@H](OC(C)=O)[C@@H]1OC(C)=O. The van der Waals surface area contributed by atoms with E-state index < -0.39 is 54.6 Å². The average molecular weight is 438 g/mol. The minimum atomic E-state index is -1.27. The summed E-state index contributed by atoms with van der Waals surface area (Å²) in [5, 5.41) is 0. The van der Waals surface area contributed by atoms with Crippen molar-refractivity contribution < 1.29 is 47.6 Å². The van der Waals surface area contributed by atoms with E-state index in [-0.39, 0.29) is 6.61 Å². The Bertz CT molecular complexity index is 803. The highest BCUT2D eigenvalue weighted by molar-refractivity contribution is 5.68. The zero-order valence-corrected chi connectivity index (χ0v) is 18.0. The highest BCUT2D eigenvalue weighted by atomic mass is 16.7.